The molecule has 0 aliphatic carbocycles. The van der Waals surface area contributed by atoms with E-state index in [2.05, 4.69) is 15.4 Å². The lowest BCUT2D eigenvalue weighted by molar-refractivity contribution is -0.140. The van der Waals surface area contributed by atoms with Crippen LogP contribution in [0.5, 0.6) is 0 Å². The van der Waals surface area contributed by atoms with Crippen molar-refractivity contribution in [3.63, 3.8) is 0 Å². The summed E-state index contributed by atoms with van der Waals surface area (Å²) in [5.41, 5.74) is 0.894. The van der Waals surface area contributed by atoms with Crippen molar-refractivity contribution in [3.8, 4) is 0 Å². The zero-order valence-electron chi connectivity index (χ0n) is 11.5. The number of benzene rings is 1. The highest BCUT2D eigenvalue weighted by atomic mass is 35.5. The molecule has 2 heterocycles. The van der Waals surface area contributed by atoms with Crippen LogP contribution in [-0.2, 0) is 16.1 Å². The number of rotatable bonds is 3. The second-order valence-corrected chi connectivity index (χ2v) is 5.65. The fourth-order valence-corrected chi connectivity index (χ4v) is 2.58. The van der Waals surface area contributed by atoms with Crippen molar-refractivity contribution >= 4 is 29.1 Å². The van der Waals surface area contributed by atoms with Crippen LogP contribution in [-0.4, -0.2) is 50.7 Å². The lowest BCUT2D eigenvalue weighted by Gasteiger charge is -2.33. The molecule has 1 saturated heterocycles. The molecule has 116 valence electrons. The topological polar surface area (TPSA) is 73.1 Å². The number of tetrazole rings is 1. The zero-order chi connectivity index (χ0) is 15.5. The molecule has 1 aromatic heterocycles. The molecule has 0 N–H and O–H groups in total. The number of nitrogens with zero attached hydrogens (tertiary/aromatic N) is 5. The monoisotopic (exact) mass is 341 g/mol. The van der Waals surface area contributed by atoms with E-state index in [9.17, 15) is 4.79 Å². The Kier molecular flexibility index (Phi) is 4.56. The van der Waals surface area contributed by atoms with Gasteiger partial charge in [-0.15, -0.1) is 10.2 Å². The van der Waals surface area contributed by atoms with Crippen molar-refractivity contribution in [2.75, 3.05) is 19.7 Å². The van der Waals surface area contributed by atoms with Crippen LogP contribution in [0.1, 0.15) is 11.7 Å². The van der Waals surface area contributed by atoms with Crippen LogP contribution in [0.15, 0.2) is 24.5 Å². The van der Waals surface area contributed by atoms with E-state index in [0.717, 1.165) is 5.56 Å². The molecule has 9 heteroatoms. The van der Waals surface area contributed by atoms with Crippen LogP contribution in [0.2, 0.25) is 10.0 Å². The third kappa shape index (κ3) is 3.37. The quantitative estimate of drug-likeness (QED) is 0.847. The smallest absolute Gasteiger partial charge is 0.246 e. The molecule has 1 aliphatic rings. The Hall–Kier alpha value is -1.70. The Morgan fingerprint density at radius 1 is 1.36 bits per heavy atom. The molecule has 1 aliphatic heterocycles. The van der Waals surface area contributed by atoms with E-state index >= 15 is 0 Å². The minimum Gasteiger partial charge on any atom is -0.370 e. The van der Waals surface area contributed by atoms with E-state index in [-0.39, 0.29) is 18.6 Å². The Balaban J connectivity index is 1.68. The number of morpholine rings is 1. The van der Waals surface area contributed by atoms with Crippen LogP contribution in [0.4, 0.5) is 0 Å². The number of ether oxygens (including phenoxy) is 1. The van der Waals surface area contributed by atoms with Gasteiger partial charge in [0, 0.05) is 6.54 Å². The van der Waals surface area contributed by atoms with Gasteiger partial charge in [-0.25, -0.2) is 0 Å². The summed E-state index contributed by atoms with van der Waals surface area (Å²) in [6.45, 7) is 1.51. The van der Waals surface area contributed by atoms with Gasteiger partial charge < -0.3 is 9.64 Å². The average molecular weight is 342 g/mol. The van der Waals surface area contributed by atoms with Gasteiger partial charge in [0.15, 0.2) is 6.33 Å². The largest absolute Gasteiger partial charge is 0.370 e. The van der Waals surface area contributed by atoms with Crippen LogP contribution in [0, 0.1) is 0 Å². The summed E-state index contributed by atoms with van der Waals surface area (Å²) in [6.07, 6.45) is 1.07. The summed E-state index contributed by atoms with van der Waals surface area (Å²) in [5.74, 6) is -0.0774. The first kappa shape index (κ1) is 15.2. The first-order valence-electron chi connectivity index (χ1n) is 6.68. The van der Waals surface area contributed by atoms with Crippen LogP contribution >= 0.6 is 23.2 Å². The maximum atomic E-state index is 12.3. The first-order chi connectivity index (χ1) is 10.6. The fraction of sp³-hybridized carbons (Fsp3) is 0.385. The number of hydrogen-bond acceptors (Lipinski definition) is 5. The minimum absolute atomic E-state index is 0.0636. The highest BCUT2D eigenvalue weighted by molar-refractivity contribution is 6.42. The molecule has 22 heavy (non-hydrogen) atoms. The predicted octanol–water partition coefficient (Wildman–Crippen LogP) is 1.58. The number of aromatic nitrogens is 4. The molecule has 0 radical (unpaired) electrons. The zero-order valence-corrected chi connectivity index (χ0v) is 13.0. The molecule has 0 bridgehead atoms. The molecule has 0 unspecified atom stereocenters. The molecule has 1 amide bonds. The van der Waals surface area contributed by atoms with Gasteiger partial charge in [-0.2, -0.15) is 4.80 Å². The normalized spacial score (nSPS) is 18.5. The summed E-state index contributed by atoms with van der Waals surface area (Å²) in [7, 11) is 0. The van der Waals surface area contributed by atoms with Gasteiger partial charge in [0.1, 0.15) is 12.6 Å². The third-order valence-corrected chi connectivity index (χ3v) is 4.14. The summed E-state index contributed by atoms with van der Waals surface area (Å²) >= 11 is 12.0. The Labute approximate surface area is 136 Å². The standard InChI is InChI=1S/C13H13Cl2N5O2/c14-10-2-1-9(5-11(10)15)12-6-19(3-4-22-12)13(21)7-20-17-8-16-18-20/h1-2,5,8,12H,3-4,6-7H2/t12-/m1/s1. The molecule has 2 aromatic rings. The second-order valence-electron chi connectivity index (χ2n) is 4.84. The minimum atomic E-state index is -0.226. The highest BCUT2D eigenvalue weighted by Crippen LogP contribution is 2.29. The van der Waals surface area contributed by atoms with Crippen molar-refractivity contribution < 1.29 is 9.53 Å². The van der Waals surface area contributed by atoms with Gasteiger partial charge >= 0.3 is 0 Å². The molecule has 1 atom stereocenters. The van der Waals surface area contributed by atoms with Crippen molar-refractivity contribution in [1.82, 2.24) is 25.1 Å². The Morgan fingerprint density at radius 2 is 2.23 bits per heavy atom. The molecule has 1 aromatic carbocycles. The van der Waals surface area contributed by atoms with Crippen LogP contribution in [0.3, 0.4) is 0 Å². The number of carbonyl (C=O) groups is 1. The van der Waals surface area contributed by atoms with E-state index in [1.54, 1.807) is 17.0 Å². The van der Waals surface area contributed by atoms with Gasteiger partial charge in [0.2, 0.25) is 5.91 Å². The van der Waals surface area contributed by atoms with E-state index in [0.29, 0.717) is 29.7 Å². The Bertz CT molecular complexity index is 664. The van der Waals surface area contributed by atoms with E-state index < -0.39 is 0 Å². The number of hydrogen-bond donors (Lipinski definition) is 0. The molecular weight excluding hydrogens is 329 g/mol. The second kappa shape index (κ2) is 6.60. The van der Waals surface area contributed by atoms with Crippen molar-refractivity contribution in [3.05, 3.63) is 40.1 Å². The maximum absolute atomic E-state index is 12.3. The predicted molar refractivity (Wildman–Crippen MR) is 79.6 cm³/mol. The number of amides is 1. The SMILES string of the molecule is O=C(Cn1ncnn1)N1CCO[C@@H](c2ccc(Cl)c(Cl)c2)C1. The molecular formula is C13H13Cl2N5O2. The van der Waals surface area contributed by atoms with E-state index in [1.165, 1.54) is 11.1 Å². The van der Waals surface area contributed by atoms with E-state index in [1.807, 2.05) is 6.07 Å². The maximum Gasteiger partial charge on any atom is 0.246 e. The van der Waals surface area contributed by atoms with Gasteiger partial charge in [-0.1, -0.05) is 29.3 Å². The van der Waals surface area contributed by atoms with Gasteiger partial charge in [-0.05, 0) is 22.9 Å². The van der Waals surface area contributed by atoms with Crippen LogP contribution < -0.4 is 0 Å². The first-order valence-corrected chi connectivity index (χ1v) is 7.44. The molecule has 7 nitrogen and oxygen atoms in total. The summed E-state index contributed by atoms with van der Waals surface area (Å²) in [4.78, 5) is 15.2. The summed E-state index contributed by atoms with van der Waals surface area (Å²) in [5, 5.41) is 12.1. The van der Waals surface area contributed by atoms with Gasteiger partial charge in [-0.3, -0.25) is 4.79 Å². The average Bonchev–Trinajstić information content (AvgIpc) is 3.03. The van der Waals surface area contributed by atoms with Crippen molar-refractivity contribution in [1.29, 1.82) is 0 Å². The van der Waals surface area contributed by atoms with Crippen molar-refractivity contribution in [2.45, 2.75) is 12.6 Å². The van der Waals surface area contributed by atoms with Crippen LogP contribution in [0.25, 0.3) is 0 Å². The molecule has 1 fully saturated rings. The fourth-order valence-electron chi connectivity index (χ4n) is 2.27. The molecule has 3 rings (SSSR count). The highest BCUT2D eigenvalue weighted by Gasteiger charge is 2.26. The molecule has 0 saturated carbocycles. The summed E-state index contributed by atoms with van der Waals surface area (Å²) < 4.78 is 5.73. The van der Waals surface area contributed by atoms with Crippen molar-refractivity contribution in [2.24, 2.45) is 0 Å². The lowest BCUT2D eigenvalue weighted by Crippen LogP contribution is -2.43. The number of carbonyl (C=O) groups excluding carboxylic acids is 1. The lowest BCUT2D eigenvalue weighted by atomic mass is 10.1. The number of halogens is 2. The summed E-state index contributed by atoms with van der Waals surface area (Å²) in [6, 6.07) is 5.34. The van der Waals surface area contributed by atoms with Gasteiger partial charge in [0.05, 0.1) is 23.2 Å². The van der Waals surface area contributed by atoms with Gasteiger partial charge in [0.25, 0.3) is 0 Å². The third-order valence-electron chi connectivity index (χ3n) is 3.40. The van der Waals surface area contributed by atoms with E-state index in [4.69, 9.17) is 27.9 Å². The Morgan fingerprint density at radius 3 is 2.95 bits per heavy atom. The molecule has 0 spiro atoms.